The van der Waals surface area contributed by atoms with Crippen LogP contribution in [0.2, 0.25) is 0 Å². The zero-order chi connectivity index (χ0) is 63.0. The molecule has 17 heteroatoms. The molecule has 0 spiro atoms. The molecule has 2 aliphatic carbocycles. The van der Waals surface area contributed by atoms with Gasteiger partial charge in [-0.15, -0.1) is 4.52 Å². The van der Waals surface area contributed by atoms with Crippen LogP contribution in [0.4, 0.5) is 0 Å². The molecule has 2 saturated heterocycles. The van der Waals surface area contributed by atoms with Crippen LogP contribution in [-0.4, -0.2) is 91.6 Å². The zero-order valence-corrected chi connectivity index (χ0v) is 60.4. The average Bonchev–Trinajstić information content (AvgIpc) is 1.55. The van der Waals surface area contributed by atoms with Crippen molar-refractivity contribution in [3.8, 4) is 11.5 Å². The highest BCUT2D eigenvalue weighted by Crippen LogP contribution is 2.85. The molecular weight excluding hydrogens is 1200 g/mol. The maximum atomic E-state index is 13.7. The van der Waals surface area contributed by atoms with Gasteiger partial charge in [0.25, 0.3) is 13.3 Å². The number of hydrogen-bond donors (Lipinski definition) is 0. The second-order valence-corrected chi connectivity index (χ2v) is 35.4. The molecule has 4 fully saturated rings. The van der Waals surface area contributed by atoms with Gasteiger partial charge in [-0.25, -0.2) is 0 Å². The first-order valence-electron chi connectivity index (χ1n) is 32.5. The fourth-order valence-electron chi connectivity index (χ4n) is 11.2. The molecule has 4 aliphatic rings. The molecule has 0 aromatic heterocycles. The van der Waals surface area contributed by atoms with Crippen molar-refractivity contribution in [3.63, 3.8) is 0 Å². The predicted molar refractivity (Wildman–Crippen MR) is 390 cm³/mol. The minimum atomic E-state index is -2.57. The summed E-state index contributed by atoms with van der Waals surface area (Å²) in [6, 6.07) is 25.8. The van der Waals surface area contributed by atoms with E-state index >= 15 is 0 Å². The first-order valence-corrected chi connectivity index (χ1v) is 43.0. The molecular formula is C70H133NO10P6+4. The molecule has 9 atom stereocenters. The van der Waals surface area contributed by atoms with E-state index in [0.717, 1.165) is 75.9 Å². The van der Waals surface area contributed by atoms with Crippen LogP contribution < -0.4 is 14.4 Å². The maximum Gasteiger partial charge on any atom is 0.552 e. The molecule has 1 amide bonds. The molecule has 0 N–H and O–H groups in total. The van der Waals surface area contributed by atoms with Crippen LogP contribution in [0.1, 0.15) is 264 Å². The van der Waals surface area contributed by atoms with E-state index in [9.17, 15) is 32.2 Å². The highest BCUT2D eigenvalue weighted by atomic mass is 31.2. The molecule has 2 saturated carbocycles. The highest BCUT2D eigenvalue weighted by Gasteiger charge is 2.75. The van der Waals surface area contributed by atoms with E-state index in [1.165, 1.54) is 127 Å². The summed E-state index contributed by atoms with van der Waals surface area (Å²) in [5, 5.41) is 0.960. The number of rotatable bonds is 27. The summed E-state index contributed by atoms with van der Waals surface area (Å²) in [6.45, 7) is 24.2. The summed E-state index contributed by atoms with van der Waals surface area (Å²) in [7, 11) is -5.98. The summed E-state index contributed by atoms with van der Waals surface area (Å²) >= 11 is 0. The number of benzene rings is 3. The monoisotopic (exact) mass is 1330 g/mol. The van der Waals surface area contributed by atoms with Crippen LogP contribution in [0.3, 0.4) is 0 Å². The first-order chi connectivity index (χ1) is 40.2. The van der Waals surface area contributed by atoms with Gasteiger partial charge in [-0.1, -0.05) is 219 Å². The topological polar surface area (TPSA) is 150 Å². The van der Waals surface area contributed by atoms with E-state index in [1.54, 1.807) is 57.2 Å². The maximum absolute atomic E-state index is 13.7. The Bertz CT molecular complexity index is 2410. The highest BCUT2D eigenvalue weighted by molar-refractivity contribution is 7.72. The number of amides is 1. The van der Waals surface area contributed by atoms with Crippen LogP contribution >= 0.6 is 46.2 Å². The second kappa shape index (κ2) is 50.2. The summed E-state index contributed by atoms with van der Waals surface area (Å²) in [5.41, 5.74) is 1.43. The van der Waals surface area contributed by atoms with Gasteiger partial charge in [-0.05, 0) is 136 Å². The third kappa shape index (κ3) is 33.6. The summed E-state index contributed by atoms with van der Waals surface area (Å²) < 4.78 is 86.3. The Labute approximate surface area is 541 Å². The number of carbonyl (C=O) groups excluding carboxylic acids is 1. The van der Waals surface area contributed by atoms with Crippen molar-refractivity contribution in [1.82, 2.24) is 4.90 Å². The van der Waals surface area contributed by atoms with Crippen LogP contribution in [0.15, 0.2) is 84.9 Å². The number of unbranched alkanes of at least 4 members (excludes halogenated alkanes) is 8. The van der Waals surface area contributed by atoms with Gasteiger partial charge in [-0.2, -0.15) is 0 Å². The Morgan fingerprint density at radius 3 is 1.55 bits per heavy atom. The lowest BCUT2D eigenvalue weighted by Gasteiger charge is -2.15. The molecule has 3 aromatic rings. The number of nitrogens with zero attached hydrogens (tertiary/aromatic N) is 1. The fourth-order valence-corrected chi connectivity index (χ4v) is 21.8. The summed E-state index contributed by atoms with van der Waals surface area (Å²) in [4.78, 5) is 13.1. The molecule has 87 heavy (non-hydrogen) atoms. The van der Waals surface area contributed by atoms with Gasteiger partial charge in [-0.3, -0.25) is 13.9 Å². The lowest BCUT2D eigenvalue weighted by atomic mass is 9.93. The van der Waals surface area contributed by atoms with Gasteiger partial charge in [0.2, 0.25) is 0 Å². The van der Waals surface area contributed by atoms with E-state index in [4.69, 9.17) is 13.6 Å². The molecule has 0 bridgehead atoms. The van der Waals surface area contributed by atoms with Crippen molar-refractivity contribution in [1.29, 1.82) is 0 Å². The third-order valence-corrected chi connectivity index (χ3v) is 28.2. The number of hydrogen-bond acceptors (Lipinski definition) is 10. The van der Waals surface area contributed by atoms with Crippen LogP contribution in [0, 0.1) is 0 Å². The van der Waals surface area contributed by atoms with Gasteiger partial charge >= 0.3 is 31.7 Å². The Hall–Kier alpha value is -2.45. The molecule has 0 radical (unpaired) electrons. The lowest BCUT2D eigenvalue weighted by Crippen LogP contribution is -2.22. The first kappa shape index (κ1) is 88.7. The SMILES string of the molecule is C.C.C.CC.CCCCC1(CC)CP1(C)=O.CCCCCCC1C(CC)(CCCC)P1(=O)Oc1ccccc1.CCCCCC[P+](=O)OC1CCCCC1.CN(C)C(=O)c1cccc([P+](C)=O)c1.C[P+](=O)C1CCCCC1.C[P+](=O)Oc1ccccc1.[HH].[HH]. The van der Waals surface area contributed by atoms with E-state index in [1.807, 2.05) is 75.7 Å². The zero-order valence-electron chi connectivity index (χ0n) is 55.0. The third-order valence-electron chi connectivity index (χ3n) is 16.6. The molecule has 504 valence electrons. The molecule has 2 heterocycles. The van der Waals surface area contributed by atoms with Crippen LogP contribution in [0.5, 0.6) is 11.5 Å². The largest absolute Gasteiger partial charge is 0.552 e. The Balaban J connectivity index is -0.000000320. The average molecular weight is 1330 g/mol. The minimum Gasteiger partial charge on any atom is -0.442 e. The van der Waals surface area contributed by atoms with Crippen molar-refractivity contribution in [2.45, 2.75) is 279 Å². The van der Waals surface area contributed by atoms with Crippen molar-refractivity contribution < 1.29 is 48.6 Å². The van der Waals surface area contributed by atoms with Gasteiger partial charge in [0.1, 0.15) is 25.2 Å². The second-order valence-electron chi connectivity index (χ2n) is 23.3. The van der Waals surface area contributed by atoms with Crippen molar-refractivity contribution >= 4 is 57.4 Å². The number of carbonyl (C=O) groups is 1. The summed E-state index contributed by atoms with van der Waals surface area (Å²) in [5.74, 6) is 1.37. The van der Waals surface area contributed by atoms with E-state index in [2.05, 4.69) is 41.5 Å². The molecule has 11 nitrogen and oxygen atoms in total. The van der Waals surface area contributed by atoms with Crippen molar-refractivity contribution in [2.24, 2.45) is 0 Å². The van der Waals surface area contributed by atoms with Gasteiger partial charge < -0.3 is 14.0 Å². The molecule has 7 rings (SSSR count). The Morgan fingerprint density at radius 2 is 1.11 bits per heavy atom. The Morgan fingerprint density at radius 1 is 0.621 bits per heavy atom. The minimum absolute atomic E-state index is 0. The molecule has 3 aromatic carbocycles. The summed E-state index contributed by atoms with van der Waals surface area (Å²) in [6.07, 6.45) is 34.6. The van der Waals surface area contributed by atoms with Crippen LogP contribution in [-0.2, 0) is 31.9 Å². The smallest absolute Gasteiger partial charge is 0.442 e. The predicted octanol–water partition coefficient (Wildman–Crippen LogP) is 25.1. The van der Waals surface area contributed by atoms with E-state index < -0.39 is 46.2 Å². The van der Waals surface area contributed by atoms with Crippen molar-refractivity contribution in [2.75, 3.05) is 53.1 Å². The number of para-hydroxylation sites is 2. The van der Waals surface area contributed by atoms with E-state index in [-0.39, 0.29) is 41.9 Å². The molecule has 9 unspecified atom stereocenters. The lowest BCUT2D eigenvalue weighted by molar-refractivity contribution is 0.0827. The standard InChI is InChI=1S/C20H33O2P.C12H24O2P.C10H13NO2P.C9H19OP.C7H8O2P.C7H14OP.C2H6.3CH4.2H2/c1-4-7-9-13-16-19-20(6-3,17-8-5-2)23(19,21)22-18-14-11-10-12-15-18;1-2-3-4-8-11-15(13)14-12-9-6-5-7-10-12;1-11(2)10(12)8-5-4-6-9(7-8)14(3)13;1-4-6-7-9(5-2)8-11(9,3)10;1-10(8)9-7-5-3-2-4-6-7;1-9(8)7-5-3-2-4-6-7;1-2;;;;;/h10-12,14-15,19H,4-9,13,16-17H2,1-3H3;12H,2-11H2,1H3;4-7H,1-3H3;4-8H2,1-3H3;2-6H,1H3;7H,2-6H2,1H3;1-2H3;3*1H4;2*1H/q;2*+1;;2*+1;;;;;;. The van der Waals surface area contributed by atoms with Gasteiger partial charge in [0.05, 0.1) is 18.0 Å². The molecule has 2 aliphatic heterocycles. The van der Waals surface area contributed by atoms with E-state index in [0.29, 0.717) is 33.5 Å². The normalized spacial score (nSPS) is 22.0. The van der Waals surface area contributed by atoms with Gasteiger partial charge in [0, 0.05) is 39.9 Å². The van der Waals surface area contributed by atoms with Gasteiger partial charge in [0.15, 0.2) is 29.5 Å². The fraction of sp³-hybridized carbons (Fsp3) is 0.729. The van der Waals surface area contributed by atoms with Crippen LogP contribution in [0.25, 0.3) is 0 Å². The quantitative estimate of drug-likeness (QED) is 0.0533. The van der Waals surface area contributed by atoms with Crippen molar-refractivity contribution in [3.05, 3.63) is 90.5 Å². The Kier molecular flexibility index (Phi) is 51.2.